The fourth-order valence-electron chi connectivity index (χ4n) is 4.61. The molecule has 1 amide bonds. The normalized spacial score (nSPS) is 26.9. The van der Waals surface area contributed by atoms with Gasteiger partial charge < -0.3 is 5.32 Å². The van der Waals surface area contributed by atoms with E-state index in [0.717, 1.165) is 30.4 Å². The highest BCUT2D eigenvalue weighted by Crippen LogP contribution is 2.71. The van der Waals surface area contributed by atoms with Crippen molar-refractivity contribution >= 4 is 32.2 Å². The van der Waals surface area contributed by atoms with E-state index < -0.39 is 33.0 Å². The molecule has 2 aromatic rings. The van der Waals surface area contributed by atoms with Crippen LogP contribution in [-0.4, -0.2) is 31.5 Å². The number of amides is 1. The maximum Gasteiger partial charge on any atom is 0.271 e. The van der Waals surface area contributed by atoms with Crippen molar-refractivity contribution in [2.24, 2.45) is 11.8 Å². The van der Waals surface area contributed by atoms with Gasteiger partial charge in [-0.25, -0.2) is 22.2 Å². The molecule has 0 spiro atoms. The molecule has 1 N–H and O–H groups in total. The first-order chi connectivity index (χ1) is 13.2. The van der Waals surface area contributed by atoms with Crippen molar-refractivity contribution in [3.8, 4) is 0 Å². The van der Waals surface area contributed by atoms with E-state index in [9.17, 15) is 13.2 Å². The second-order valence-corrected chi connectivity index (χ2v) is 10.5. The molecule has 4 rings (SSSR count). The van der Waals surface area contributed by atoms with E-state index >= 15 is 8.78 Å². The first-order valence-corrected chi connectivity index (χ1v) is 11.9. The number of carbonyl (C=O) groups excluding carboxylic acids is 1. The number of benzene rings is 1. The lowest BCUT2D eigenvalue weighted by molar-refractivity contribution is -0.121. The Balaban J connectivity index is 1.77. The van der Waals surface area contributed by atoms with Crippen LogP contribution in [-0.2, 0) is 20.0 Å². The van der Waals surface area contributed by atoms with E-state index in [0.29, 0.717) is 12.8 Å². The molecule has 0 aliphatic heterocycles. The second kappa shape index (κ2) is 6.59. The van der Waals surface area contributed by atoms with Gasteiger partial charge in [-0.2, -0.15) is 0 Å². The Bertz CT molecular complexity index is 985. The maximum atomic E-state index is 15.3. The quantitative estimate of drug-likeness (QED) is 0.787. The number of nitrogens with one attached hydrogen (secondary N) is 1. The Morgan fingerprint density at radius 3 is 2.39 bits per heavy atom. The van der Waals surface area contributed by atoms with E-state index in [1.165, 1.54) is 30.5 Å². The van der Waals surface area contributed by atoms with Gasteiger partial charge in [-0.1, -0.05) is 25.0 Å². The zero-order chi connectivity index (χ0) is 20.2. The number of hydrogen-bond acceptors (Lipinski definition) is 5. The molecular weight excluding hydrogens is 406 g/mol. The Morgan fingerprint density at radius 1 is 1.21 bits per heavy atom. The zero-order valence-electron chi connectivity index (χ0n) is 15.2. The molecule has 150 valence electrons. The fraction of sp³-hybridized carbons (Fsp3) is 0.474. The molecule has 0 bridgehead atoms. The number of rotatable bonds is 5. The van der Waals surface area contributed by atoms with Gasteiger partial charge >= 0.3 is 0 Å². The number of nitrogens with zero attached hydrogens (tertiary/aromatic N) is 1. The van der Waals surface area contributed by atoms with Crippen LogP contribution in [0.2, 0.25) is 0 Å². The highest BCUT2D eigenvalue weighted by molar-refractivity contribution is 7.90. The number of hydrogen-bond donors (Lipinski definition) is 1. The van der Waals surface area contributed by atoms with Crippen LogP contribution in [0.1, 0.15) is 31.2 Å². The molecule has 1 heterocycles. The molecule has 1 aromatic carbocycles. The summed E-state index contributed by atoms with van der Waals surface area (Å²) in [5.74, 6) is -5.30. The second-order valence-electron chi connectivity index (χ2n) is 7.54. The van der Waals surface area contributed by atoms with Crippen molar-refractivity contribution in [1.82, 2.24) is 4.98 Å². The standard InChI is InChI=1S/C19H20F2N2O3S2/c1-28(25,26)14-8-6-13(7-9-14)18(16(24)23-17-22-10-11-27-17)15(19(18,20)21)12-4-2-3-5-12/h6-12,15H,2-5H2,1H3,(H,22,23,24)/t15-,18+/m0/s1. The minimum atomic E-state index is -3.46. The van der Waals surface area contributed by atoms with Crippen molar-refractivity contribution in [2.75, 3.05) is 11.6 Å². The summed E-state index contributed by atoms with van der Waals surface area (Å²) in [7, 11) is -3.46. The molecule has 2 aliphatic rings. The van der Waals surface area contributed by atoms with Crippen molar-refractivity contribution < 1.29 is 22.0 Å². The predicted molar refractivity (Wildman–Crippen MR) is 102 cm³/mol. The molecule has 0 radical (unpaired) electrons. The topological polar surface area (TPSA) is 76.1 Å². The van der Waals surface area contributed by atoms with Crippen LogP contribution in [0.4, 0.5) is 13.9 Å². The molecule has 2 aliphatic carbocycles. The summed E-state index contributed by atoms with van der Waals surface area (Å²) >= 11 is 1.16. The number of sulfone groups is 1. The lowest BCUT2D eigenvalue weighted by atomic mass is 9.86. The van der Waals surface area contributed by atoms with Gasteiger partial charge in [0.25, 0.3) is 5.92 Å². The molecule has 1 aromatic heterocycles. The van der Waals surface area contributed by atoms with E-state index in [1.54, 1.807) is 5.38 Å². The lowest BCUT2D eigenvalue weighted by Crippen LogP contribution is -2.34. The monoisotopic (exact) mass is 426 g/mol. The number of thiazole rings is 1. The average molecular weight is 427 g/mol. The number of carbonyl (C=O) groups is 1. The molecule has 28 heavy (non-hydrogen) atoms. The van der Waals surface area contributed by atoms with E-state index in [4.69, 9.17) is 0 Å². The van der Waals surface area contributed by atoms with Gasteiger partial charge in [-0.15, -0.1) is 11.3 Å². The Hall–Kier alpha value is -1.87. The van der Waals surface area contributed by atoms with Gasteiger partial charge in [0.1, 0.15) is 5.41 Å². The number of halogens is 2. The zero-order valence-corrected chi connectivity index (χ0v) is 16.8. The molecular formula is C19H20F2N2O3S2. The summed E-state index contributed by atoms with van der Waals surface area (Å²) in [6, 6.07) is 5.29. The molecule has 0 saturated heterocycles. The summed E-state index contributed by atoms with van der Waals surface area (Å²) < 4.78 is 54.0. The van der Waals surface area contributed by atoms with Crippen LogP contribution in [0.3, 0.4) is 0 Å². The summed E-state index contributed by atoms with van der Waals surface area (Å²) in [6.45, 7) is 0. The van der Waals surface area contributed by atoms with E-state index in [2.05, 4.69) is 10.3 Å². The van der Waals surface area contributed by atoms with Gasteiger partial charge in [-0.3, -0.25) is 4.79 Å². The van der Waals surface area contributed by atoms with Gasteiger partial charge in [0, 0.05) is 17.8 Å². The van der Waals surface area contributed by atoms with Gasteiger partial charge in [0.15, 0.2) is 15.0 Å². The van der Waals surface area contributed by atoms with Gasteiger partial charge in [-0.05, 0) is 36.5 Å². The fourth-order valence-corrected chi connectivity index (χ4v) is 5.77. The third kappa shape index (κ3) is 2.86. The van der Waals surface area contributed by atoms with Gasteiger partial charge in [0.2, 0.25) is 5.91 Å². The third-order valence-corrected chi connectivity index (χ3v) is 7.74. The first-order valence-electron chi connectivity index (χ1n) is 9.08. The summed E-state index contributed by atoms with van der Waals surface area (Å²) in [4.78, 5) is 17.1. The highest BCUT2D eigenvalue weighted by Gasteiger charge is 2.86. The first kappa shape index (κ1) is 19.4. The predicted octanol–water partition coefficient (Wildman–Crippen LogP) is 3.88. The Labute approximate surface area is 166 Å². The summed E-state index contributed by atoms with van der Waals surface area (Å²) in [5.41, 5.74) is -1.85. The summed E-state index contributed by atoms with van der Waals surface area (Å²) in [5, 5.41) is 4.47. The minimum Gasteiger partial charge on any atom is -0.301 e. The van der Waals surface area contributed by atoms with Crippen LogP contribution in [0, 0.1) is 11.8 Å². The van der Waals surface area contributed by atoms with Crippen molar-refractivity contribution in [3.05, 3.63) is 41.4 Å². The number of anilines is 1. The molecule has 0 unspecified atom stereocenters. The SMILES string of the molecule is CS(=O)(=O)c1ccc([C@]2(C(=O)Nc3nccs3)[C@H](C3CCCC3)C2(F)F)cc1. The maximum absolute atomic E-state index is 15.3. The van der Waals surface area contributed by atoms with Crippen LogP contribution in [0.15, 0.2) is 40.7 Å². The molecule has 2 saturated carbocycles. The minimum absolute atomic E-state index is 0.0353. The average Bonchev–Trinajstić information content (AvgIpc) is 3.13. The number of aromatic nitrogens is 1. The van der Waals surface area contributed by atoms with Crippen LogP contribution >= 0.6 is 11.3 Å². The van der Waals surface area contributed by atoms with Crippen molar-refractivity contribution in [2.45, 2.75) is 41.9 Å². The van der Waals surface area contributed by atoms with Crippen LogP contribution < -0.4 is 5.32 Å². The molecule has 5 nitrogen and oxygen atoms in total. The lowest BCUT2D eigenvalue weighted by Gasteiger charge is -2.18. The van der Waals surface area contributed by atoms with Gasteiger partial charge in [0.05, 0.1) is 10.8 Å². The van der Waals surface area contributed by atoms with E-state index in [-0.39, 0.29) is 21.5 Å². The highest BCUT2D eigenvalue weighted by atomic mass is 32.2. The molecule has 9 heteroatoms. The van der Waals surface area contributed by atoms with Crippen LogP contribution in [0.5, 0.6) is 0 Å². The summed E-state index contributed by atoms with van der Waals surface area (Å²) in [6.07, 6.45) is 5.66. The Morgan fingerprint density at radius 2 is 1.86 bits per heavy atom. The largest absolute Gasteiger partial charge is 0.301 e. The van der Waals surface area contributed by atoms with Crippen molar-refractivity contribution in [1.29, 1.82) is 0 Å². The Kier molecular flexibility index (Phi) is 4.58. The van der Waals surface area contributed by atoms with E-state index in [1.807, 2.05) is 0 Å². The van der Waals surface area contributed by atoms with Crippen LogP contribution in [0.25, 0.3) is 0 Å². The molecule has 2 fully saturated rings. The third-order valence-electron chi connectivity index (χ3n) is 5.92. The number of alkyl halides is 2. The smallest absolute Gasteiger partial charge is 0.271 e. The molecule has 2 atom stereocenters. The van der Waals surface area contributed by atoms with Crippen molar-refractivity contribution in [3.63, 3.8) is 0 Å².